The molecule has 1 heterocycles. The molecule has 0 spiro atoms. The maximum absolute atomic E-state index is 11.5. The Hall–Kier alpha value is -1.26. The van der Waals surface area contributed by atoms with Crippen molar-refractivity contribution in [1.29, 1.82) is 0 Å². The van der Waals surface area contributed by atoms with Crippen LogP contribution in [-0.4, -0.2) is 41.6 Å². The second kappa shape index (κ2) is 4.31. The summed E-state index contributed by atoms with van der Waals surface area (Å²) >= 11 is 0. The van der Waals surface area contributed by atoms with Crippen LogP contribution in [0.2, 0.25) is 0 Å². The largest absolute Gasteiger partial charge is 0.481 e. The third-order valence-corrected chi connectivity index (χ3v) is 3.12. The van der Waals surface area contributed by atoms with Gasteiger partial charge >= 0.3 is 12.0 Å². The molecule has 2 unspecified atom stereocenters. The van der Waals surface area contributed by atoms with Crippen molar-refractivity contribution in [3.63, 3.8) is 0 Å². The molecular weight excluding hydrogens is 208 g/mol. The van der Waals surface area contributed by atoms with Crippen LogP contribution in [0.5, 0.6) is 0 Å². The topological polar surface area (TPSA) is 69.6 Å². The molecule has 0 aliphatic carbocycles. The monoisotopic (exact) mass is 228 g/mol. The third kappa shape index (κ3) is 2.46. The Morgan fingerprint density at radius 3 is 2.56 bits per heavy atom. The van der Waals surface area contributed by atoms with Crippen LogP contribution in [0.3, 0.4) is 0 Å². The second-order valence-electron chi connectivity index (χ2n) is 5.38. The van der Waals surface area contributed by atoms with Gasteiger partial charge in [-0.15, -0.1) is 0 Å². The number of hydrogen-bond acceptors (Lipinski definition) is 2. The first-order valence-corrected chi connectivity index (χ1v) is 5.48. The molecule has 1 rings (SSSR count). The summed E-state index contributed by atoms with van der Waals surface area (Å²) in [5, 5.41) is 12.0. The highest BCUT2D eigenvalue weighted by Crippen LogP contribution is 2.33. The fraction of sp³-hybridized carbons (Fsp3) is 0.818. The van der Waals surface area contributed by atoms with E-state index in [9.17, 15) is 14.7 Å². The number of urea groups is 1. The van der Waals surface area contributed by atoms with Crippen LogP contribution in [-0.2, 0) is 4.79 Å². The quantitative estimate of drug-likeness (QED) is 0.744. The Balaban J connectivity index is 2.94. The first-order chi connectivity index (χ1) is 7.25. The lowest BCUT2D eigenvalue weighted by molar-refractivity contribution is -0.148. The highest BCUT2D eigenvalue weighted by Gasteiger charge is 2.42. The standard InChI is InChI=1S/C11H20N2O3/c1-11(2,3)8(9(14)15)7-5-6-12-10(16)13(7)4/h7-8H,5-6H2,1-4H3,(H,12,16)(H,14,15). The van der Waals surface area contributed by atoms with E-state index in [-0.39, 0.29) is 17.5 Å². The summed E-state index contributed by atoms with van der Waals surface area (Å²) in [6, 6.07) is -0.419. The molecule has 1 aliphatic rings. The number of nitrogens with one attached hydrogen (secondary N) is 1. The van der Waals surface area contributed by atoms with Crippen LogP contribution < -0.4 is 5.32 Å². The molecule has 0 saturated carbocycles. The molecule has 5 nitrogen and oxygen atoms in total. The van der Waals surface area contributed by atoms with E-state index in [0.29, 0.717) is 13.0 Å². The van der Waals surface area contributed by atoms with Crippen molar-refractivity contribution < 1.29 is 14.7 Å². The summed E-state index contributed by atoms with van der Waals surface area (Å²) in [5.74, 6) is -1.37. The summed E-state index contributed by atoms with van der Waals surface area (Å²) in [7, 11) is 1.65. The van der Waals surface area contributed by atoms with Gasteiger partial charge in [0.05, 0.1) is 5.92 Å². The fourth-order valence-corrected chi connectivity index (χ4v) is 2.30. The van der Waals surface area contributed by atoms with Crippen LogP contribution in [0.15, 0.2) is 0 Å². The van der Waals surface area contributed by atoms with E-state index in [1.165, 1.54) is 4.90 Å². The lowest BCUT2D eigenvalue weighted by Gasteiger charge is -2.41. The number of carbonyl (C=O) groups is 2. The van der Waals surface area contributed by atoms with E-state index in [4.69, 9.17) is 0 Å². The Morgan fingerprint density at radius 1 is 1.56 bits per heavy atom. The zero-order chi connectivity index (χ0) is 12.5. The van der Waals surface area contributed by atoms with Crippen molar-refractivity contribution in [2.75, 3.05) is 13.6 Å². The van der Waals surface area contributed by atoms with Gasteiger partial charge in [-0.25, -0.2) is 4.79 Å². The van der Waals surface area contributed by atoms with Crippen LogP contribution in [0, 0.1) is 11.3 Å². The van der Waals surface area contributed by atoms with Gasteiger partial charge < -0.3 is 15.3 Å². The summed E-state index contributed by atoms with van der Waals surface area (Å²) in [5.41, 5.74) is -0.359. The van der Waals surface area contributed by atoms with Gasteiger partial charge in [0.2, 0.25) is 0 Å². The van der Waals surface area contributed by atoms with Crippen LogP contribution in [0.25, 0.3) is 0 Å². The van der Waals surface area contributed by atoms with Gasteiger partial charge in [0.15, 0.2) is 0 Å². The maximum Gasteiger partial charge on any atom is 0.317 e. The number of aliphatic carboxylic acids is 1. The average Bonchev–Trinajstić information content (AvgIpc) is 2.09. The van der Waals surface area contributed by atoms with E-state index in [1.54, 1.807) is 7.05 Å². The SMILES string of the molecule is CN1C(=O)NCCC1C(C(=O)O)C(C)(C)C. The number of rotatable bonds is 2. The van der Waals surface area contributed by atoms with Crippen LogP contribution in [0.4, 0.5) is 4.79 Å². The average molecular weight is 228 g/mol. The van der Waals surface area contributed by atoms with Gasteiger partial charge in [0.1, 0.15) is 0 Å². The number of nitrogens with zero attached hydrogens (tertiary/aromatic N) is 1. The van der Waals surface area contributed by atoms with Gasteiger partial charge in [0, 0.05) is 19.6 Å². The summed E-state index contributed by atoms with van der Waals surface area (Å²) in [4.78, 5) is 24.3. The minimum Gasteiger partial charge on any atom is -0.481 e. The Bertz CT molecular complexity index is 296. The molecule has 0 aromatic carbocycles. The normalized spacial score (nSPS) is 23.9. The molecule has 0 aromatic heterocycles. The van der Waals surface area contributed by atoms with E-state index in [0.717, 1.165) is 0 Å². The molecule has 2 amide bonds. The zero-order valence-electron chi connectivity index (χ0n) is 10.3. The Morgan fingerprint density at radius 2 is 2.12 bits per heavy atom. The second-order valence-corrected chi connectivity index (χ2v) is 5.38. The van der Waals surface area contributed by atoms with Gasteiger partial charge in [0.25, 0.3) is 0 Å². The lowest BCUT2D eigenvalue weighted by atomic mass is 9.74. The molecule has 0 bridgehead atoms. The summed E-state index contributed by atoms with van der Waals surface area (Å²) in [6.07, 6.45) is 0.677. The van der Waals surface area contributed by atoms with E-state index < -0.39 is 11.9 Å². The van der Waals surface area contributed by atoms with Crippen molar-refractivity contribution in [3.05, 3.63) is 0 Å². The number of carboxylic acid groups (broad SMARTS) is 1. The lowest BCUT2D eigenvalue weighted by Crippen LogP contribution is -2.56. The molecule has 16 heavy (non-hydrogen) atoms. The molecule has 2 atom stereocenters. The Kier molecular flexibility index (Phi) is 3.45. The number of hydrogen-bond donors (Lipinski definition) is 2. The van der Waals surface area contributed by atoms with E-state index in [1.807, 2.05) is 20.8 Å². The molecule has 1 fully saturated rings. The van der Waals surface area contributed by atoms with Crippen molar-refractivity contribution in [2.45, 2.75) is 33.2 Å². The molecule has 1 saturated heterocycles. The number of amides is 2. The Labute approximate surface area is 95.8 Å². The molecule has 92 valence electrons. The van der Waals surface area contributed by atoms with Crippen LogP contribution in [0.1, 0.15) is 27.2 Å². The van der Waals surface area contributed by atoms with Crippen molar-refractivity contribution in [1.82, 2.24) is 10.2 Å². The van der Waals surface area contributed by atoms with E-state index >= 15 is 0 Å². The third-order valence-electron chi connectivity index (χ3n) is 3.12. The van der Waals surface area contributed by atoms with E-state index in [2.05, 4.69) is 5.32 Å². The predicted octanol–water partition coefficient (Wildman–Crippen LogP) is 1.15. The van der Waals surface area contributed by atoms with Gasteiger partial charge in [-0.3, -0.25) is 4.79 Å². The fourth-order valence-electron chi connectivity index (χ4n) is 2.30. The highest BCUT2D eigenvalue weighted by atomic mass is 16.4. The van der Waals surface area contributed by atoms with Gasteiger partial charge in [-0.2, -0.15) is 0 Å². The zero-order valence-corrected chi connectivity index (χ0v) is 10.3. The molecule has 2 N–H and O–H groups in total. The van der Waals surface area contributed by atoms with Gasteiger partial charge in [-0.1, -0.05) is 20.8 Å². The molecule has 1 aliphatic heterocycles. The molecule has 0 radical (unpaired) electrons. The maximum atomic E-state index is 11.5. The first kappa shape index (κ1) is 12.8. The minimum absolute atomic E-state index is 0.188. The van der Waals surface area contributed by atoms with Crippen molar-refractivity contribution in [2.24, 2.45) is 11.3 Å². The molecule has 0 aromatic rings. The predicted molar refractivity (Wildman–Crippen MR) is 60.1 cm³/mol. The minimum atomic E-state index is -0.834. The van der Waals surface area contributed by atoms with Crippen molar-refractivity contribution >= 4 is 12.0 Å². The number of carbonyl (C=O) groups excluding carboxylic acids is 1. The molecular formula is C11H20N2O3. The van der Waals surface area contributed by atoms with Crippen LogP contribution >= 0.6 is 0 Å². The first-order valence-electron chi connectivity index (χ1n) is 5.48. The smallest absolute Gasteiger partial charge is 0.317 e. The highest BCUT2D eigenvalue weighted by molar-refractivity contribution is 5.78. The van der Waals surface area contributed by atoms with Crippen molar-refractivity contribution in [3.8, 4) is 0 Å². The molecule has 5 heteroatoms. The van der Waals surface area contributed by atoms with Gasteiger partial charge in [-0.05, 0) is 11.8 Å². The summed E-state index contributed by atoms with van der Waals surface area (Å²) in [6.45, 7) is 6.23. The summed E-state index contributed by atoms with van der Waals surface area (Å²) < 4.78 is 0. The number of carboxylic acids is 1.